The molecule has 0 fully saturated rings. The number of nitriles is 1. The quantitative estimate of drug-likeness (QED) is 0.499. The lowest BCUT2D eigenvalue weighted by atomic mass is 9.98. The minimum atomic E-state index is -0.410. The van der Waals surface area contributed by atoms with E-state index in [-0.39, 0.29) is 0 Å². The standard InChI is InChI=1S/C23H30N2O2.C2H6/c1-6-25(7-2)19-13-11-18(12-14-19)20-9-8-10-22(21(20)17-24)27-23(3,4)15-16-26-5;1-2/h8-14H,6-7,15-16H2,1-5H3;1-2H3. The van der Waals surface area contributed by atoms with Crippen LogP contribution in [0.3, 0.4) is 0 Å². The molecular formula is C25H36N2O2. The molecule has 158 valence electrons. The molecule has 0 spiro atoms. The van der Waals surface area contributed by atoms with E-state index in [9.17, 15) is 5.26 Å². The number of rotatable bonds is 9. The van der Waals surface area contributed by atoms with Crippen molar-refractivity contribution in [1.82, 2.24) is 0 Å². The first kappa shape index (κ1) is 24.5. The van der Waals surface area contributed by atoms with Gasteiger partial charge in [0.15, 0.2) is 0 Å². The second-order valence-corrected chi connectivity index (χ2v) is 7.11. The van der Waals surface area contributed by atoms with Gasteiger partial charge in [-0.3, -0.25) is 0 Å². The second kappa shape index (κ2) is 12.1. The van der Waals surface area contributed by atoms with Crippen molar-refractivity contribution in [3.8, 4) is 22.9 Å². The lowest BCUT2D eigenvalue weighted by molar-refractivity contribution is 0.0628. The van der Waals surface area contributed by atoms with Crippen LogP contribution >= 0.6 is 0 Å². The summed E-state index contributed by atoms with van der Waals surface area (Å²) in [6.07, 6.45) is 0.747. The monoisotopic (exact) mass is 396 g/mol. The van der Waals surface area contributed by atoms with E-state index in [4.69, 9.17) is 9.47 Å². The summed E-state index contributed by atoms with van der Waals surface area (Å²) in [4.78, 5) is 2.30. The van der Waals surface area contributed by atoms with Gasteiger partial charge in [-0.25, -0.2) is 0 Å². The first-order valence-electron chi connectivity index (χ1n) is 10.5. The first-order valence-corrected chi connectivity index (χ1v) is 10.5. The van der Waals surface area contributed by atoms with Crippen LogP contribution in [-0.4, -0.2) is 32.4 Å². The third kappa shape index (κ3) is 6.80. The van der Waals surface area contributed by atoms with E-state index in [1.54, 1.807) is 7.11 Å². The third-order valence-electron chi connectivity index (χ3n) is 4.74. The highest BCUT2D eigenvalue weighted by Crippen LogP contribution is 2.33. The second-order valence-electron chi connectivity index (χ2n) is 7.11. The highest BCUT2D eigenvalue weighted by Gasteiger charge is 2.22. The lowest BCUT2D eigenvalue weighted by Gasteiger charge is -2.27. The molecule has 0 bridgehead atoms. The van der Waals surface area contributed by atoms with E-state index >= 15 is 0 Å². The molecule has 0 aromatic heterocycles. The van der Waals surface area contributed by atoms with Gasteiger partial charge in [0.2, 0.25) is 0 Å². The fourth-order valence-electron chi connectivity index (χ4n) is 3.11. The Kier molecular flexibility index (Phi) is 10.3. The maximum absolute atomic E-state index is 9.79. The van der Waals surface area contributed by atoms with E-state index in [2.05, 4.69) is 49.1 Å². The molecule has 2 aromatic rings. The van der Waals surface area contributed by atoms with Crippen molar-refractivity contribution in [2.75, 3.05) is 31.7 Å². The molecule has 0 radical (unpaired) electrons. The van der Waals surface area contributed by atoms with E-state index in [1.807, 2.05) is 45.9 Å². The van der Waals surface area contributed by atoms with Crippen molar-refractivity contribution in [3.05, 3.63) is 48.0 Å². The molecule has 0 heterocycles. The van der Waals surface area contributed by atoms with Gasteiger partial charge in [-0.05, 0) is 51.5 Å². The minimum Gasteiger partial charge on any atom is -0.486 e. The maximum Gasteiger partial charge on any atom is 0.138 e. The summed E-state index contributed by atoms with van der Waals surface area (Å²) in [7, 11) is 1.68. The van der Waals surface area contributed by atoms with Gasteiger partial charge >= 0.3 is 0 Å². The van der Waals surface area contributed by atoms with Crippen LogP contribution in [0.2, 0.25) is 0 Å². The topological polar surface area (TPSA) is 45.5 Å². The van der Waals surface area contributed by atoms with Gasteiger partial charge in [0, 0.05) is 44.5 Å². The largest absolute Gasteiger partial charge is 0.486 e. The van der Waals surface area contributed by atoms with Crippen LogP contribution in [0.5, 0.6) is 5.75 Å². The Labute approximate surface area is 177 Å². The summed E-state index contributed by atoms with van der Waals surface area (Å²) in [5.74, 6) is 0.615. The smallest absolute Gasteiger partial charge is 0.138 e. The number of hydrogen-bond donors (Lipinski definition) is 0. The van der Waals surface area contributed by atoms with Gasteiger partial charge in [0.1, 0.15) is 23.0 Å². The average molecular weight is 397 g/mol. The highest BCUT2D eigenvalue weighted by molar-refractivity contribution is 5.75. The van der Waals surface area contributed by atoms with E-state index in [1.165, 1.54) is 5.69 Å². The van der Waals surface area contributed by atoms with Crippen molar-refractivity contribution in [2.24, 2.45) is 0 Å². The van der Waals surface area contributed by atoms with E-state index < -0.39 is 5.60 Å². The molecule has 2 rings (SSSR count). The molecule has 0 aliphatic carbocycles. The predicted molar refractivity (Wildman–Crippen MR) is 123 cm³/mol. The number of hydrogen-bond acceptors (Lipinski definition) is 4. The Balaban J connectivity index is 0.00000204. The maximum atomic E-state index is 9.79. The van der Waals surface area contributed by atoms with Crippen molar-refractivity contribution >= 4 is 5.69 Å². The summed E-state index contributed by atoms with van der Waals surface area (Å²) in [6.45, 7) is 14.9. The molecular weight excluding hydrogens is 360 g/mol. The summed E-state index contributed by atoms with van der Waals surface area (Å²) in [5.41, 5.74) is 3.26. The summed E-state index contributed by atoms with van der Waals surface area (Å²) in [6, 6.07) is 16.5. The van der Waals surface area contributed by atoms with Crippen molar-refractivity contribution < 1.29 is 9.47 Å². The number of benzene rings is 2. The van der Waals surface area contributed by atoms with Crippen molar-refractivity contribution in [3.63, 3.8) is 0 Å². The first-order chi connectivity index (χ1) is 14.0. The van der Waals surface area contributed by atoms with Crippen LogP contribution in [0.1, 0.15) is 53.5 Å². The van der Waals surface area contributed by atoms with Crippen LogP contribution in [0.15, 0.2) is 42.5 Å². The zero-order valence-electron chi connectivity index (χ0n) is 19.1. The SMILES string of the molecule is CC.CCN(CC)c1ccc(-c2cccc(OC(C)(C)CCOC)c2C#N)cc1. The Bertz CT molecular complexity index is 772. The Morgan fingerprint density at radius 2 is 1.62 bits per heavy atom. The zero-order chi connectivity index (χ0) is 21.9. The molecule has 0 amide bonds. The third-order valence-corrected chi connectivity index (χ3v) is 4.74. The molecule has 0 aliphatic heterocycles. The van der Waals surface area contributed by atoms with Crippen LogP contribution in [0, 0.1) is 11.3 Å². The van der Waals surface area contributed by atoms with Gasteiger partial charge in [-0.15, -0.1) is 0 Å². The summed E-state index contributed by atoms with van der Waals surface area (Å²) in [5, 5.41) is 9.79. The van der Waals surface area contributed by atoms with E-state index in [0.29, 0.717) is 17.9 Å². The molecule has 0 saturated heterocycles. The van der Waals surface area contributed by atoms with Gasteiger partial charge in [-0.2, -0.15) is 5.26 Å². The number of ether oxygens (including phenoxy) is 2. The summed E-state index contributed by atoms with van der Waals surface area (Å²) < 4.78 is 11.3. The van der Waals surface area contributed by atoms with Crippen LogP contribution < -0.4 is 9.64 Å². The molecule has 2 aromatic carbocycles. The van der Waals surface area contributed by atoms with Crippen molar-refractivity contribution in [2.45, 2.75) is 53.6 Å². The Morgan fingerprint density at radius 1 is 1.00 bits per heavy atom. The van der Waals surface area contributed by atoms with Crippen molar-refractivity contribution in [1.29, 1.82) is 5.26 Å². The fourth-order valence-corrected chi connectivity index (χ4v) is 3.11. The van der Waals surface area contributed by atoms with Gasteiger partial charge in [-0.1, -0.05) is 38.1 Å². The number of methoxy groups -OCH3 is 1. The van der Waals surface area contributed by atoms with Crippen LogP contribution in [0.25, 0.3) is 11.1 Å². The summed E-state index contributed by atoms with van der Waals surface area (Å²) >= 11 is 0. The normalized spacial score (nSPS) is 10.6. The lowest BCUT2D eigenvalue weighted by Crippen LogP contribution is -2.30. The average Bonchev–Trinajstić information content (AvgIpc) is 2.75. The fraction of sp³-hybridized carbons (Fsp3) is 0.480. The molecule has 0 aliphatic rings. The van der Waals surface area contributed by atoms with Crippen LogP contribution in [-0.2, 0) is 4.74 Å². The molecule has 4 heteroatoms. The minimum absolute atomic E-state index is 0.410. The Hall–Kier alpha value is -2.51. The molecule has 0 unspecified atom stereocenters. The Morgan fingerprint density at radius 3 is 2.14 bits per heavy atom. The van der Waals surface area contributed by atoms with E-state index in [0.717, 1.165) is 30.6 Å². The highest BCUT2D eigenvalue weighted by atomic mass is 16.5. The predicted octanol–water partition coefficient (Wildman–Crippen LogP) is 6.29. The van der Waals surface area contributed by atoms with Gasteiger partial charge < -0.3 is 14.4 Å². The molecule has 4 nitrogen and oxygen atoms in total. The molecule has 0 N–H and O–H groups in total. The number of nitrogens with zero attached hydrogens (tertiary/aromatic N) is 2. The zero-order valence-corrected chi connectivity index (χ0v) is 19.1. The van der Waals surface area contributed by atoms with Crippen LogP contribution in [0.4, 0.5) is 5.69 Å². The molecule has 29 heavy (non-hydrogen) atoms. The van der Waals surface area contributed by atoms with Gasteiger partial charge in [0.25, 0.3) is 0 Å². The molecule has 0 atom stereocenters. The number of anilines is 1. The van der Waals surface area contributed by atoms with Gasteiger partial charge in [0.05, 0.1) is 0 Å². The molecule has 0 saturated carbocycles.